The van der Waals surface area contributed by atoms with Gasteiger partial charge in [0, 0.05) is 11.5 Å². The fourth-order valence-electron chi connectivity index (χ4n) is 6.62. The van der Waals surface area contributed by atoms with Crippen LogP contribution in [0.15, 0.2) is 134 Å². The van der Waals surface area contributed by atoms with Gasteiger partial charge < -0.3 is 0 Å². The molecule has 0 N–H and O–H groups in total. The van der Waals surface area contributed by atoms with Gasteiger partial charge in [-0.05, 0) is 56.1 Å². The predicted molar refractivity (Wildman–Crippen MR) is 153 cm³/mol. The molecule has 2 aliphatic rings. The van der Waals surface area contributed by atoms with Gasteiger partial charge in [0.1, 0.15) is 6.33 Å². The summed E-state index contributed by atoms with van der Waals surface area (Å²) in [6.45, 7) is 0. The molecule has 178 valence electrons. The van der Waals surface area contributed by atoms with Crippen molar-refractivity contribution in [3.63, 3.8) is 0 Å². The van der Waals surface area contributed by atoms with Crippen LogP contribution in [0.5, 0.6) is 0 Å². The van der Waals surface area contributed by atoms with Gasteiger partial charge in [0.05, 0.1) is 17.3 Å². The van der Waals surface area contributed by atoms with Crippen molar-refractivity contribution in [2.75, 3.05) is 0 Å². The Hall–Kier alpha value is -4.82. The third-order valence-corrected chi connectivity index (χ3v) is 8.17. The highest BCUT2D eigenvalue weighted by atomic mass is 14.8. The SMILES string of the molecule is c1ccc(-c2cc(C3c4ccccc4-c4ccc5c(c43)C(c3ccccc3)c3ccccc3-5)ncn2)cc1. The molecule has 1 aromatic heterocycles. The van der Waals surface area contributed by atoms with E-state index in [2.05, 4.69) is 126 Å². The summed E-state index contributed by atoms with van der Waals surface area (Å²) in [5.41, 5.74) is 15.2. The van der Waals surface area contributed by atoms with Crippen LogP contribution in [-0.4, -0.2) is 9.97 Å². The largest absolute Gasteiger partial charge is 0.240 e. The van der Waals surface area contributed by atoms with Crippen LogP contribution in [-0.2, 0) is 0 Å². The van der Waals surface area contributed by atoms with E-state index in [0.717, 1.165) is 17.0 Å². The molecule has 5 aromatic carbocycles. The molecule has 0 saturated heterocycles. The molecule has 0 fully saturated rings. The van der Waals surface area contributed by atoms with E-state index in [1.165, 1.54) is 50.1 Å². The van der Waals surface area contributed by atoms with Crippen LogP contribution in [0.3, 0.4) is 0 Å². The van der Waals surface area contributed by atoms with Crippen molar-refractivity contribution in [3.05, 3.63) is 167 Å². The van der Waals surface area contributed by atoms with Crippen LogP contribution in [0.2, 0.25) is 0 Å². The van der Waals surface area contributed by atoms with Crippen molar-refractivity contribution in [3.8, 4) is 33.5 Å². The standard InChI is InChI=1S/C36H24N2/c1-3-11-23(12-4-1)31-21-32(38-22-37-31)34-28-18-10-8-16-26(28)30-20-19-29-25-15-7-9-17-27(25)33(35(29)36(30)34)24-13-5-2-6-14-24/h1-22,33-34H. The summed E-state index contributed by atoms with van der Waals surface area (Å²) in [6, 6.07) is 45.9. The zero-order chi connectivity index (χ0) is 25.1. The molecule has 2 nitrogen and oxygen atoms in total. The summed E-state index contributed by atoms with van der Waals surface area (Å²) in [4.78, 5) is 9.56. The topological polar surface area (TPSA) is 25.8 Å². The van der Waals surface area contributed by atoms with Crippen LogP contribution in [0.1, 0.15) is 45.3 Å². The normalized spacial score (nSPS) is 16.4. The van der Waals surface area contributed by atoms with E-state index in [-0.39, 0.29) is 11.8 Å². The summed E-state index contributed by atoms with van der Waals surface area (Å²) in [6.07, 6.45) is 1.73. The predicted octanol–water partition coefficient (Wildman–Crippen LogP) is 8.46. The Morgan fingerprint density at radius 3 is 1.68 bits per heavy atom. The minimum absolute atomic E-state index is 0.0436. The van der Waals surface area contributed by atoms with E-state index < -0.39 is 0 Å². The summed E-state index contributed by atoms with van der Waals surface area (Å²) in [5.74, 6) is 0.228. The van der Waals surface area contributed by atoms with Gasteiger partial charge in [-0.15, -0.1) is 0 Å². The number of nitrogens with zero attached hydrogens (tertiary/aromatic N) is 2. The van der Waals surface area contributed by atoms with Gasteiger partial charge >= 0.3 is 0 Å². The Balaban J connectivity index is 1.41. The maximum Gasteiger partial charge on any atom is 0.116 e. The number of aromatic nitrogens is 2. The number of benzene rings is 5. The van der Waals surface area contributed by atoms with Gasteiger partial charge in [0.15, 0.2) is 0 Å². The zero-order valence-electron chi connectivity index (χ0n) is 20.8. The summed E-state index contributed by atoms with van der Waals surface area (Å²) < 4.78 is 0. The van der Waals surface area contributed by atoms with E-state index in [1.54, 1.807) is 6.33 Å². The smallest absolute Gasteiger partial charge is 0.116 e. The maximum atomic E-state index is 4.91. The molecule has 0 saturated carbocycles. The second-order valence-electron chi connectivity index (χ2n) is 10.1. The summed E-state index contributed by atoms with van der Waals surface area (Å²) in [7, 11) is 0. The second-order valence-corrected chi connectivity index (χ2v) is 10.1. The van der Waals surface area contributed by atoms with Crippen molar-refractivity contribution >= 4 is 0 Å². The fourth-order valence-corrected chi connectivity index (χ4v) is 6.62. The maximum absolute atomic E-state index is 4.91. The number of hydrogen-bond acceptors (Lipinski definition) is 2. The Kier molecular flexibility index (Phi) is 4.68. The number of rotatable bonds is 3. The molecule has 38 heavy (non-hydrogen) atoms. The Labute approximate surface area is 222 Å². The number of fused-ring (bicyclic) bond motifs is 7. The van der Waals surface area contributed by atoms with Gasteiger partial charge in [0.2, 0.25) is 0 Å². The van der Waals surface area contributed by atoms with Gasteiger partial charge in [0.25, 0.3) is 0 Å². The first-order valence-corrected chi connectivity index (χ1v) is 13.2. The Morgan fingerprint density at radius 2 is 1.00 bits per heavy atom. The molecular formula is C36H24N2. The highest BCUT2D eigenvalue weighted by Gasteiger charge is 2.40. The van der Waals surface area contributed by atoms with Crippen molar-refractivity contribution in [1.82, 2.24) is 9.97 Å². The molecule has 0 radical (unpaired) electrons. The van der Waals surface area contributed by atoms with E-state index in [1.807, 2.05) is 6.07 Å². The molecule has 2 heteroatoms. The first-order chi connectivity index (χ1) is 18.9. The molecule has 2 aliphatic carbocycles. The van der Waals surface area contributed by atoms with E-state index in [4.69, 9.17) is 4.98 Å². The molecule has 6 aromatic rings. The highest BCUT2D eigenvalue weighted by Crippen LogP contribution is 2.57. The molecule has 0 amide bonds. The quantitative estimate of drug-likeness (QED) is 0.251. The molecule has 0 bridgehead atoms. The molecule has 2 unspecified atom stereocenters. The first-order valence-electron chi connectivity index (χ1n) is 13.2. The van der Waals surface area contributed by atoms with Crippen LogP contribution in [0.4, 0.5) is 0 Å². The molecule has 8 rings (SSSR count). The van der Waals surface area contributed by atoms with Gasteiger partial charge in [-0.2, -0.15) is 0 Å². The third kappa shape index (κ3) is 3.07. The first kappa shape index (κ1) is 21.3. The van der Waals surface area contributed by atoms with Gasteiger partial charge in [-0.25, -0.2) is 9.97 Å². The zero-order valence-corrected chi connectivity index (χ0v) is 20.8. The van der Waals surface area contributed by atoms with Crippen molar-refractivity contribution in [2.45, 2.75) is 11.8 Å². The lowest BCUT2D eigenvalue weighted by Gasteiger charge is -2.22. The van der Waals surface area contributed by atoms with Crippen molar-refractivity contribution < 1.29 is 0 Å². The third-order valence-electron chi connectivity index (χ3n) is 8.17. The minimum atomic E-state index is 0.0436. The van der Waals surface area contributed by atoms with Crippen molar-refractivity contribution in [1.29, 1.82) is 0 Å². The lowest BCUT2D eigenvalue weighted by Crippen LogP contribution is -2.09. The van der Waals surface area contributed by atoms with Crippen LogP contribution >= 0.6 is 0 Å². The van der Waals surface area contributed by atoms with Gasteiger partial charge in [-0.1, -0.05) is 121 Å². The Morgan fingerprint density at radius 1 is 0.447 bits per heavy atom. The molecule has 0 aliphatic heterocycles. The average Bonchev–Trinajstić information content (AvgIpc) is 3.51. The summed E-state index contributed by atoms with van der Waals surface area (Å²) in [5, 5.41) is 0. The second kappa shape index (κ2) is 8.36. The fraction of sp³-hybridized carbons (Fsp3) is 0.0556. The lowest BCUT2D eigenvalue weighted by atomic mass is 9.81. The lowest BCUT2D eigenvalue weighted by molar-refractivity contribution is 0.894. The average molecular weight is 485 g/mol. The monoisotopic (exact) mass is 484 g/mol. The molecule has 0 spiro atoms. The molecular weight excluding hydrogens is 460 g/mol. The van der Waals surface area contributed by atoms with Crippen LogP contribution < -0.4 is 0 Å². The van der Waals surface area contributed by atoms with Crippen LogP contribution in [0, 0.1) is 0 Å². The van der Waals surface area contributed by atoms with E-state index in [9.17, 15) is 0 Å². The van der Waals surface area contributed by atoms with E-state index >= 15 is 0 Å². The van der Waals surface area contributed by atoms with Crippen LogP contribution in [0.25, 0.3) is 33.5 Å². The highest BCUT2D eigenvalue weighted by molar-refractivity contribution is 5.91. The Bertz CT molecular complexity index is 1820. The van der Waals surface area contributed by atoms with Gasteiger partial charge in [-0.3, -0.25) is 0 Å². The van der Waals surface area contributed by atoms with Crippen molar-refractivity contribution in [2.24, 2.45) is 0 Å². The van der Waals surface area contributed by atoms with E-state index in [0.29, 0.717) is 0 Å². The number of hydrogen-bond donors (Lipinski definition) is 0. The molecule has 2 atom stereocenters. The minimum Gasteiger partial charge on any atom is -0.240 e. The molecule has 1 heterocycles. The summed E-state index contributed by atoms with van der Waals surface area (Å²) >= 11 is 0.